The van der Waals surface area contributed by atoms with Gasteiger partial charge in [0, 0.05) is 64.2 Å². The summed E-state index contributed by atoms with van der Waals surface area (Å²) in [7, 11) is -7.18. The number of para-hydroxylation sites is 1. The molecule has 2 aliphatic rings. The summed E-state index contributed by atoms with van der Waals surface area (Å²) in [6.07, 6.45) is 0.719. The van der Waals surface area contributed by atoms with Crippen LogP contribution in [0.3, 0.4) is 0 Å². The SMILES string of the molecule is CCOC(=O)N1CCN(S(=O)(=O)c2ccc(C(=O)N3CCN(c4nc5c(S(C)(=O)=O)cccc5s4)CC3)cc2)CC1. The molecule has 220 valence electrons. The molecule has 0 saturated carbocycles. The molecule has 2 aliphatic heterocycles. The minimum atomic E-state index is -3.77. The highest BCUT2D eigenvalue weighted by molar-refractivity contribution is 7.91. The Labute approximate surface area is 243 Å². The quantitative estimate of drug-likeness (QED) is 0.405. The van der Waals surface area contributed by atoms with E-state index in [9.17, 15) is 26.4 Å². The average molecular weight is 622 g/mol. The molecule has 0 spiro atoms. The van der Waals surface area contributed by atoms with Gasteiger partial charge >= 0.3 is 6.09 Å². The fourth-order valence-corrected chi connectivity index (χ4v) is 8.24. The summed E-state index contributed by atoms with van der Waals surface area (Å²) in [6, 6.07) is 11.0. The van der Waals surface area contributed by atoms with Gasteiger partial charge in [-0.25, -0.2) is 26.6 Å². The minimum Gasteiger partial charge on any atom is -0.450 e. The number of carbonyl (C=O) groups is 2. The number of nitrogens with zero attached hydrogens (tertiary/aromatic N) is 5. The van der Waals surface area contributed by atoms with Gasteiger partial charge in [0.2, 0.25) is 10.0 Å². The number of benzene rings is 2. The average Bonchev–Trinajstić information content (AvgIpc) is 3.41. The summed E-state index contributed by atoms with van der Waals surface area (Å²) in [5.74, 6) is -0.194. The van der Waals surface area contributed by atoms with E-state index in [4.69, 9.17) is 4.74 Å². The topological polar surface area (TPSA) is 138 Å². The lowest BCUT2D eigenvalue weighted by atomic mass is 10.2. The predicted molar refractivity (Wildman–Crippen MR) is 155 cm³/mol. The van der Waals surface area contributed by atoms with E-state index in [0.29, 0.717) is 42.4 Å². The Balaban J connectivity index is 1.20. The van der Waals surface area contributed by atoms with Crippen molar-refractivity contribution >= 4 is 58.5 Å². The smallest absolute Gasteiger partial charge is 0.409 e. The van der Waals surface area contributed by atoms with Crippen molar-refractivity contribution in [2.24, 2.45) is 0 Å². The number of sulfone groups is 1. The molecular weight excluding hydrogens is 591 g/mol. The molecule has 12 nitrogen and oxygen atoms in total. The van der Waals surface area contributed by atoms with E-state index in [1.165, 1.54) is 51.1 Å². The van der Waals surface area contributed by atoms with E-state index in [1.54, 1.807) is 24.0 Å². The van der Waals surface area contributed by atoms with Gasteiger partial charge < -0.3 is 19.4 Å². The van der Waals surface area contributed by atoms with E-state index in [-0.39, 0.29) is 48.5 Å². The first-order valence-electron chi connectivity index (χ1n) is 13.1. The summed E-state index contributed by atoms with van der Waals surface area (Å²) in [6.45, 7) is 4.75. The van der Waals surface area contributed by atoms with Crippen LogP contribution < -0.4 is 4.90 Å². The van der Waals surface area contributed by atoms with Crippen molar-refractivity contribution in [1.82, 2.24) is 19.1 Å². The van der Waals surface area contributed by atoms with Crippen LogP contribution in [-0.2, 0) is 24.6 Å². The Morgan fingerprint density at radius 1 is 0.878 bits per heavy atom. The van der Waals surface area contributed by atoms with Crippen LogP contribution in [0.25, 0.3) is 10.2 Å². The van der Waals surface area contributed by atoms with Gasteiger partial charge in [-0.15, -0.1) is 0 Å². The highest BCUT2D eigenvalue weighted by atomic mass is 32.2. The zero-order valence-corrected chi connectivity index (χ0v) is 25.2. The van der Waals surface area contributed by atoms with Crippen molar-refractivity contribution in [3.63, 3.8) is 0 Å². The molecule has 5 rings (SSSR count). The first-order valence-corrected chi connectivity index (χ1v) is 17.3. The Morgan fingerprint density at radius 3 is 2.12 bits per heavy atom. The van der Waals surface area contributed by atoms with Crippen molar-refractivity contribution < 1.29 is 31.2 Å². The number of rotatable bonds is 6. The molecule has 2 fully saturated rings. The van der Waals surface area contributed by atoms with Crippen LogP contribution in [0, 0.1) is 0 Å². The number of aromatic nitrogens is 1. The third-order valence-corrected chi connectivity index (χ3v) is 11.2. The van der Waals surface area contributed by atoms with Gasteiger partial charge in [-0.1, -0.05) is 17.4 Å². The van der Waals surface area contributed by atoms with Crippen molar-refractivity contribution in [2.45, 2.75) is 16.7 Å². The Morgan fingerprint density at radius 2 is 1.51 bits per heavy atom. The number of amides is 2. The van der Waals surface area contributed by atoms with Crippen molar-refractivity contribution in [3.05, 3.63) is 48.0 Å². The Hall–Kier alpha value is -3.27. The second kappa shape index (κ2) is 11.5. The van der Waals surface area contributed by atoms with Crippen LogP contribution in [0.1, 0.15) is 17.3 Å². The number of piperazine rings is 2. The molecule has 2 saturated heterocycles. The summed E-state index contributed by atoms with van der Waals surface area (Å²) < 4.78 is 57.7. The van der Waals surface area contributed by atoms with Crippen molar-refractivity contribution in [2.75, 3.05) is 70.1 Å². The number of hydrogen-bond acceptors (Lipinski definition) is 10. The highest BCUT2D eigenvalue weighted by Crippen LogP contribution is 2.33. The number of thiazole rings is 1. The maximum Gasteiger partial charge on any atom is 0.409 e. The molecule has 2 aromatic carbocycles. The van der Waals surface area contributed by atoms with E-state index in [1.807, 2.05) is 11.0 Å². The van der Waals surface area contributed by atoms with E-state index < -0.39 is 26.0 Å². The molecule has 0 bridgehead atoms. The van der Waals surface area contributed by atoms with Crippen LogP contribution in [-0.4, -0.2) is 113 Å². The monoisotopic (exact) mass is 621 g/mol. The second-order valence-electron chi connectivity index (χ2n) is 9.77. The number of carbonyl (C=O) groups excluding carboxylic acids is 2. The van der Waals surface area contributed by atoms with Gasteiger partial charge in [0.05, 0.1) is 21.1 Å². The summed E-state index contributed by atoms with van der Waals surface area (Å²) in [4.78, 5) is 35.2. The summed E-state index contributed by atoms with van der Waals surface area (Å²) in [5, 5.41) is 0.709. The van der Waals surface area contributed by atoms with E-state index in [0.717, 1.165) is 4.70 Å². The van der Waals surface area contributed by atoms with Gasteiger partial charge in [-0.05, 0) is 43.3 Å². The lowest BCUT2D eigenvalue weighted by Crippen LogP contribution is -2.50. The molecule has 2 amide bonds. The maximum atomic E-state index is 13.2. The van der Waals surface area contributed by atoms with Crippen LogP contribution in [0.15, 0.2) is 52.3 Å². The molecule has 1 aromatic heterocycles. The van der Waals surface area contributed by atoms with Crippen molar-refractivity contribution in [3.8, 4) is 0 Å². The second-order valence-corrected chi connectivity index (χ2v) is 14.7. The molecule has 15 heteroatoms. The van der Waals surface area contributed by atoms with E-state index in [2.05, 4.69) is 4.98 Å². The molecule has 0 unspecified atom stereocenters. The summed E-state index contributed by atoms with van der Waals surface area (Å²) in [5.41, 5.74) is 0.853. The molecule has 0 N–H and O–H groups in total. The maximum absolute atomic E-state index is 13.2. The molecule has 0 radical (unpaired) electrons. The van der Waals surface area contributed by atoms with Crippen LogP contribution in [0.2, 0.25) is 0 Å². The zero-order chi connectivity index (χ0) is 29.4. The number of ether oxygens (including phenoxy) is 1. The number of hydrogen-bond donors (Lipinski definition) is 0. The fraction of sp³-hybridized carbons (Fsp3) is 0.423. The van der Waals surface area contributed by atoms with Gasteiger partial charge in [0.15, 0.2) is 15.0 Å². The fourth-order valence-electron chi connectivity index (χ4n) is 4.87. The third kappa shape index (κ3) is 6.03. The zero-order valence-electron chi connectivity index (χ0n) is 22.7. The highest BCUT2D eigenvalue weighted by Gasteiger charge is 2.31. The number of anilines is 1. The van der Waals surface area contributed by atoms with E-state index >= 15 is 0 Å². The summed E-state index contributed by atoms with van der Waals surface area (Å²) >= 11 is 1.42. The first-order chi connectivity index (χ1) is 19.5. The van der Waals surface area contributed by atoms with Crippen LogP contribution in [0.4, 0.5) is 9.93 Å². The first kappa shape index (κ1) is 29.2. The molecular formula is C26H31N5O7S3. The molecule has 0 atom stereocenters. The third-order valence-electron chi connectivity index (χ3n) is 7.11. The van der Waals surface area contributed by atoms with Gasteiger partial charge in [-0.2, -0.15) is 4.31 Å². The Bertz CT molecular complexity index is 1660. The van der Waals surface area contributed by atoms with Crippen molar-refractivity contribution in [1.29, 1.82) is 0 Å². The van der Waals surface area contributed by atoms with Crippen LogP contribution in [0.5, 0.6) is 0 Å². The minimum absolute atomic E-state index is 0.0905. The molecule has 41 heavy (non-hydrogen) atoms. The lowest BCUT2D eigenvalue weighted by Gasteiger charge is -2.34. The number of fused-ring (bicyclic) bond motifs is 1. The van der Waals surface area contributed by atoms with Gasteiger partial charge in [-0.3, -0.25) is 4.79 Å². The standard InChI is InChI=1S/C26H31N5O7S3/c1-3-38-26(33)30-15-17-31(18-16-30)41(36,37)20-9-7-19(8-10-20)24(32)28-11-13-29(14-12-28)25-27-23-21(39-25)5-4-6-22(23)40(2,34)35/h4-10H,3,11-18H2,1-2H3. The molecule has 0 aliphatic carbocycles. The Kier molecular flexibility index (Phi) is 8.23. The molecule has 3 heterocycles. The largest absolute Gasteiger partial charge is 0.450 e. The van der Waals surface area contributed by atoms with Gasteiger partial charge in [0.25, 0.3) is 5.91 Å². The normalized spacial score (nSPS) is 17.2. The van der Waals surface area contributed by atoms with Crippen LogP contribution >= 0.6 is 11.3 Å². The lowest BCUT2D eigenvalue weighted by molar-refractivity contribution is 0.0746. The predicted octanol–water partition coefficient (Wildman–Crippen LogP) is 2.13. The van der Waals surface area contributed by atoms with Gasteiger partial charge in [0.1, 0.15) is 5.52 Å². The number of sulfonamides is 1. The molecule has 3 aromatic rings.